The number of likely N-dealkylation sites (tertiary alicyclic amines) is 1. The third-order valence-corrected chi connectivity index (χ3v) is 2.90. The molecule has 1 rings (SSSR count). The predicted molar refractivity (Wildman–Crippen MR) is 54.7 cm³/mol. The fourth-order valence-electron chi connectivity index (χ4n) is 2.00. The number of nitrogens with zero attached hydrogens (tertiary/aromatic N) is 1. The Balaban J connectivity index is 2.46. The van der Waals surface area contributed by atoms with E-state index < -0.39 is 0 Å². The van der Waals surface area contributed by atoms with Gasteiger partial charge in [0, 0.05) is 18.5 Å². The Morgan fingerprint density at radius 1 is 1.46 bits per heavy atom. The average molecular weight is 183 g/mol. The normalized spacial score (nSPS) is 25.9. The first-order valence-corrected chi connectivity index (χ1v) is 5.22. The molecule has 0 radical (unpaired) electrons. The van der Waals surface area contributed by atoms with E-state index in [4.69, 9.17) is 0 Å². The summed E-state index contributed by atoms with van der Waals surface area (Å²) in [5, 5.41) is 0. The van der Waals surface area contributed by atoms with Crippen LogP contribution in [0, 0.1) is 5.92 Å². The summed E-state index contributed by atoms with van der Waals surface area (Å²) in [5.41, 5.74) is 0.265. The largest absolute Gasteiger partial charge is 0.303 e. The predicted octanol–water partition coefficient (Wildman–Crippen LogP) is 2.09. The lowest BCUT2D eigenvalue weighted by molar-refractivity contribution is -0.109. The molecule has 0 amide bonds. The number of carbonyl (C=O) groups excluding carboxylic acids is 1. The van der Waals surface area contributed by atoms with Crippen LogP contribution in [0.5, 0.6) is 0 Å². The van der Waals surface area contributed by atoms with Crippen molar-refractivity contribution in [2.24, 2.45) is 5.92 Å². The Bertz CT molecular complexity index is 171. The lowest BCUT2D eigenvalue weighted by Crippen LogP contribution is -2.47. The molecule has 0 aromatic carbocycles. The first kappa shape index (κ1) is 10.7. The Labute approximate surface area is 81.3 Å². The highest BCUT2D eigenvalue weighted by Gasteiger charge is 2.27. The summed E-state index contributed by atoms with van der Waals surface area (Å²) in [5.74, 6) is 0.602. The second kappa shape index (κ2) is 4.23. The van der Waals surface area contributed by atoms with Crippen molar-refractivity contribution in [2.45, 2.75) is 45.6 Å². The molecule has 1 aliphatic rings. The molecule has 13 heavy (non-hydrogen) atoms. The SMILES string of the molecule is CC(C)(C)N1CCCC(CC=O)C1. The fraction of sp³-hybridized carbons (Fsp3) is 0.909. The second-order valence-corrected chi connectivity index (χ2v) is 5.03. The van der Waals surface area contributed by atoms with Gasteiger partial charge in [-0.3, -0.25) is 4.90 Å². The second-order valence-electron chi connectivity index (χ2n) is 5.03. The molecule has 0 spiro atoms. The molecule has 0 saturated carbocycles. The van der Waals surface area contributed by atoms with Gasteiger partial charge in [0.05, 0.1) is 0 Å². The fourth-order valence-corrected chi connectivity index (χ4v) is 2.00. The number of hydrogen-bond acceptors (Lipinski definition) is 2. The minimum Gasteiger partial charge on any atom is -0.303 e. The van der Waals surface area contributed by atoms with Gasteiger partial charge in [-0.25, -0.2) is 0 Å². The maximum Gasteiger partial charge on any atom is 0.120 e. The van der Waals surface area contributed by atoms with Crippen LogP contribution in [-0.2, 0) is 4.79 Å². The molecular formula is C11H21NO. The molecule has 1 aliphatic heterocycles. The third-order valence-electron chi connectivity index (χ3n) is 2.90. The van der Waals surface area contributed by atoms with Crippen molar-refractivity contribution in [1.82, 2.24) is 4.90 Å². The molecule has 1 atom stereocenters. The molecule has 0 N–H and O–H groups in total. The first-order chi connectivity index (χ1) is 6.04. The monoisotopic (exact) mass is 183 g/mol. The standard InChI is InChI=1S/C11H21NO/c1-11(2,3)12-7-4-5-10(9-12)6-8-13/h8,10H,4-7,9H2,1-3H3. The van der Waals surface area contributed by atoms with Crippen molar-refractivity contribution < 1.29 is 4.79 Å². The first-order valence-electron chi connectivity index (χ1n) is 5.22. The van der Waals surface area contributed by atoms with Crippen LogP contribution in [0.4, 0.5) is 0 Å². The highest BCUT2D eigenvalue weighted by Crippen LogP contribution is 2.24. The summed E-state index contributed by atoms with van der Waals surface area (Å²) >= 11 is 0. The smallest absolute Gasteiger partial charge is 0.120 e. The van der Waals surface area contributed by atoms with E-state index >= 15 is 0 Å². The molecule has 1 fully saturated rings. The van der Waals surface area contributed by atoms with Crippen LogP contribution in [0.25, 0.3) is 0 Å². The van der Waals surface area contributed by atoms with E-state index in [1.165, 1.54) is 19.4 Å². The van der Waals surface area contributed by atoms with E-state index in [1.54, 1.807) is 0 Å². The van der Waals surface area contributed by atoms with Gasteiger partial charge in [0.25, 0.3) is 0 Å². The lowest BCUT2D eigenvalue weighted by Gasteiger charge is -2.41. The van der Waals surface area contributed by atoms with Gasteiger partial charge in [-0.1, -0.05) is 0 Å². The van der Waals surface area contributed by atoms with Gasteiger partial charge in [0.2, 0.25) is 0 Å². The zero-order chi connectivity index (χ0) is 9.90. The molecule has 0 aromatic rings. The molecule has 0 aliphatic carbocycles. The van der Waals surface area contributed by atoms with Crippen LogP contribution in [0.1, 0.15) is 40.0 Å². The van der Waals surface area contributed by atoms with E-state index in [0.29, 0.717) is 5.92 Å². The Morgan fingerprint density at radius 2 is 2.15 bits per heavy atom. The van der Waals surface area contributed by atoms with Gasteiger partial charge in [-0.2, -0.15) is 0 Å². The maximum atomic E-state index is 10.4. The van der Waals surface area contributed by atoms with E-state index in [2.05, 4.69) is 25.7 Å². The molecule has 1 saturated heterocycles. The van der Waals surface area contributed by atoms with E-state index in [-0.39, 0.29) is 5.54 Å². The molecule has 0 aromatic heterocycles. The molecule has 76 valence electrons. The van der Waals surface area contributed by atoms with Gasteiger partial charge in [0.1, 0.15) is 6.29 Å². The quantitative estimate of drug-likeness (QED) is 0.611. The van der Waals surface area contributed by atoms with Crippen LogP contribution in [-0.4, -0.2) is 29.8 Å². The molecule has 1 unspecified atom stereocenters. The van der Waals surface area contributed by atoms with E-state index in [1.807, 2.05) is 0 Å². The van der Waals surface area contributed by atoms with E-state index in [9.17, 15) is 4.79 Å². The van der Waals surface area contributed by atoms with Crippen LogP contribution in [0.2, 0.25) is 0 Å². The third kappa shape index (κ3) is 3.11. The summed E-state index contributed by atoms with van der Waals surface area (Å²) in [6.07, 6.45) is 4.28. The summed E-state index contributed by atoms with van der Waals surface area (Å²) in [4.78, 5) is 12.9. The summed E-state index contributed by atoms with van der Waals surface area (Å²) in [7, 11) is 0. The molecule has 1 heterocycles. The highest BCUT2D eigenvalue weighted by molar-refractivity contribution is 5.49. The minimum atomic E-state index is 0.265. The molecular weight excluding hydrogens is 162 g/mol. The lowest BCUT2D eigenvalue weighted by atomic mass is 9.92. The maximum absolute atomic E-state index is 10.4. The van der Waals surface area contributed by atoms with Gasteiger partial charge < -0.3 is 4.79 Å². The number of rotatable bonds is 2. The van der Waals surface area contributed by atoms with Crippen LogP contribution in [0.15, 0.2) is 0 Å². The average Bonchev–Trinajstić information content (AvgIpc) is 2.04. The summed E-state index contributed by atoms with van der Waals surface area (Å²) in [6, 6.07) is 0. The van der Waals surface area contributed by atoms with Crippen molar-refractivity contribution in [2.75, 3.05) is 13.1 Å². The number of carbonyl (C=O) groups is 1. The van der Waals surface area contributed by atoms with Gasteiger partial charge in [0.15, 0.2) is 0 Å². The Hall–Kier alpha value is -0.370. The van der Waals surface area contributed by atoms with Crippen molar-refractivity contribution >= 4 is 6.29 Å². The Morgan fingerprint density at radius 3 is 2.69 bits per heavy atom. The zero-order valence-corrected chi connectivity index (χ0v) is 9.05. The van der Waals surface area contributed by atoms with Gasteiger partial charge in [-0.05, 0) is 46.1 Å². The van der Waals surface area contributed by atoms with Crippen molar-refractivity contribution in [3.05, 3.63) is 0 Å². The van der Waals surface area contributed by atoms with Crippen LogP contribution < -0.4 is 0 Å². The van der Waals surface area contributed by atoms with Gasteiger partial charge in [-0.15, -0.1) is 0 Å². The summed E-state index contributed by atoms with van der Waals surface area (Å²) in [6.45, 7) is 9.03. The van der Waals surface area contributed by atoms with E-state index in [0.717, 1.165) is 19.3 Å². The topological polar surface area (TPSA) is 20.3 Å². The van der Waals surface area contributed by atoms with Crippen molar-refractivity contribution in [3.63, 3.8) is 0 Å². The number of aldehydes is 1. The highest BCUT2D eigenvalue weighted by atomic mass is 16.1. The van der Waals surface area contributed by atoms with Gasteiger partial charge >= 0.3 is 0 Å². The zero-order valence-electron chi connectivity index (χ0n) is 9.05. The van der Waals surface area contributed by atoms with Crippen molar-refractivity contribution in [1.29, 1.82) is 0 Å². The molecule has 2 heteroatoms. The molecule has 0 bridgehead atoms. The Kier molecular flexibility index (Phi) is 3.48. The van der Waals surface area contributed by atoms with Crippen LogP contribution in [0.3, 0.4) is 0 Å². The number of piperidine rings is 1. The molecule has 2 nitrogen and oxygen atoms in total. The number of hydrogen-bond donors (Lipinski definition) is 0. The summed E-state index contributed by atoms with van der Waals surface area (Å²) < 4.78 is 0. The minimum absolute atomic E-state index is 0.265. The van der Waals surface area contributed by atoms with Crippen LogP contribution >= 0.6 is 0 Å². The van der Waals surface area contributed by atoms with Crippen molar-refractivity contribution in [3.8, 4) is 0 Å².